The molecule has 5 heteroatoms. The maximum Gasteiger partial charge on any atom is 0.335 e. The predicted molar refractivity (Wildman–Crippen MR) is 63.7 cm³/mol. The van der Waals surface area contributed by atoms with Crippen molar-refractivity contribution in [3.8, 4) is 5.88 Å². The zero-order valence-corrected chi connectivity index (χ0v) is 10.1. The molecule has 1 fully saturated rings. The average molecular weight is 256 g/mol. The highest BCUT2D eigenvalue weighted by Crippen LogP contribution is 2.29. The number of rotatable bonds is 5. The van der Waals surface area contributed by atoms with Gasteiger partial charge in [-0.15, -0.1) is 0 Å². The lowest BCUT2D eigenvalue weighted by Gasteiger charge is -2.24. The van der Waals surface area contributed by atoms with Gasteiger partial charge in [-0.25, -0.2) is 9.78 Å². The first-order valence-corrected chi connectivity index (χ1v) is 6.06. The van der Waals surface area contributed by atoms with Crippen molar-refractivity contribution in [2.24, 2.45) is 5.92 Å². The third-order valence-corrected chi connectivity index (χ3v) is 3.21. The molecule has 0 aromatic carbocycles. The Balaban J connectivity index is 1.92. The number of aromatic carboxylic acids is 1. The van der Waals surface area contributed by atoms with E-state index in [2.05, 4.69) is 4.98 Å². The van der Waals surface area contributed by atoms with E-state index in [9.17, 15) is 4.79 Å². The summed E-state index contributed by atoms with van der Waals surface area (Å²) in [6.45, 7) is 0.567. The quantitative estimate of drug-likeness (QED) is 0.822. The van der Waals surface area contributed by atoms with E-state index in [1.165, 1.54) is 31.4 Å². The molecule has 1 aliphatic carbocycles. The molecule has 1 heterocycles. The molecule has 1 aromatic heterocycles. The van der Waals surface area contributed by atoms with Crippen LogP contribution >= 0.6 is 11.6 Å². The summed E-state index contributed by atoms with van der Waals surface area (Å²) in [7, 11) is 0. The molecule has 4 nitrogen and oxygen atoms in total. The number of carboxylic acid groups (broad SMARTS) is 1. The maximum absolute atomic E-state index is 10.8. The van der Waals surface area contributed by atoms with Crippen molar-refractivity contribution in [2.45, 2.75) is 25.7 Å². The van der Waals surface area contributed by atoms with Crippen LogP contribution < -0.4 is 4.74 Å². The first kappa shape index (κ1) is 12.2. The summed E-state index contributed by atoms with van der Waals surface area (Å²) >= 11 is 5.72. The standard InChI is InChI=1S/C12H14ClNO3/c13-10-6-9(12(15)16)7-11(14-10)17-5-4-8-2-1-3-8/h6-8H,1-5H2,(H,15,16). The van der Waals surface area contributed by atoms with Gasteiger partial charge in [-0.2, -0.15) is 0 Å². The topological polar surface area (TPSA) is 59.4 Å². The van der Waals surface area contributed by atoms with Crippen molar-refractivity contribution >= 4 is 17.6 Å². The summed E-state index contributed by atoms with van der Waals surface area (Å²) in [6.07, 6.45) is 4.85. The van der Waals surface area contributed by atoms with Crippen molar-refractivity contribution in [3.05, 3.63) is 22.8 Å². The van der Waals surface area contributed by atoms with Gasteiger partial charge in [0.25, 0.3) is 0 Å². The number of pyridine rings is 1. The maximum atomic E-state index is 10.8. The Morgan fingerprint density at radius 2 is 2.29 bits per heavy atom. The van der Waals surface area contributed by atoms with Crippen molar-refractivity contribution in [1.29, 1.82) is 0 Å². The molecular formula is C12H14ClNO3. The normalized spacial score (nSPS) is 15.4. The molecule has 1 saturated carbocycles. The minimum absolute atomic E-state index is 0.101. The number of hydrogen-bond donors (Lipinski definition) is 1. The molecular weight excluding hydrogens is 242 g/mol. The third-order valence-electron chi connectivity index (χ3n) is 3.02. The highest BCUT2D eigenvalue weighted by atomic mass is 35.5. The van der Waals surface area contributed by atoms with Crippen molar-refractivity contribution in [3.63, 3.8) is 0 Å². The smallest absolute Gasteiger partial charge is 0.335 e. The fraction of sp³-hybridized carbons (Fsp3) is 0.500. The highest BCUT2D eigenvalue weighted by Gasteiger charge is 2.17. The Hall–Kier alpha value is -1.29. The zero-order valence-electron chi connectivity index (χ0n) is 9.36. The van der Waals surface area contributed by atoms with Gasteiger partial charge in [0, 0.05) is 6.07 Å². The predicted octanol–water partition coefficient (Wildman–Crippen LogP) is 3.00. The molecule has 0 saturated heterocycles. The first-order valence-electron chi connectivity index (χ1n) is 5.69. The van der Waals surface area contributed by atoms with Gasteiger partial charge >= 0.3 is 5.97 Å². The lowest BCUT2D eigenvalue weighted by molar-refractivity contribution is 0.0696. The van der Waals surface area contributed by atoms with E-state index in [1.807, 2.05) is 0 Å². The van der Waals surface area contributed by atoms with Crippen LogP contribution in [0.2, 0.25) is 5.15 Å². The second-order valence-electron chi connectivity index (χ2n) is 4.26. The minimum atomic E-state index is -1.03. The van der Waals surface area contributed by atoms with E-state index < -0.39 is 5.97 Å². The molecule has 1 aromatic rings. The largest absolute Gasteiger partial charge is 0.478 e. The zero-order chi connectivity index (χ0) is 12.3. The third kappa shape index (κ3) is 3.33. The van der Waals surface area contributed by atoms with Crippen LogP contribution in [-0.4, -0.2) is 22.7 Å². The van der Waals surface area contributed by atoms with E-state index in [0.29, 0.717) is 6.61 Å². The molecule has 0 aliphatic heterocycles. The monoisotopic (exact) mass is 255 g/mol. The number of carboxylic acids is 1. The van der Waals surface area contributed by atoms with Gasteiger partial charge in [-0.05, 0) is 18.4 Å². The fourth-order valence-electron chi connectivity index (χ4n) is 1.78. The molecule has 2 rings (SSSR count). The van der Waals surface area contributed by atoms with Crippen LogP contribution in [0.4, 0.5) is 0 Å². The van der Waals surface area contributed by atoms with Crippen LogP contribution in [0.5, 0.6) is 5.88 Å². The lowest BCUT2D eigenvalue weighted by Crippen LogP contribution is -2.14. The van der Waals surface area contributed by atoms with Crippen LogP contribution in [0.25, 0.3) is 0 Å². The SMILES string of the molecule is O=C(O)c1cc(Cl)nc(OCCC2CCC2)c1. The molecule has 0 atom stereocenters. The van der Waals surface area contributed by atoms with Gasteiger partial charge in [0.1, 0.15) is 5.15 Å². The van der Waals surface area contributed by atoms with Crippen molar-refractivity contribution in [1.82, 2.24) is 4.98 Å². The highest BCUT2D eigenvalue weighted by molar-refractivity contribution is 6.29. The Morgan fingerprint density at radius 1 is 1.53 bits per heavy atom. The van der Waals surface area contributed by atoms with Crippen molar-refractivity contribution in [2.75, 3.05) is 6.61 Å². The molecule has 0 spiro atoms. The van der Waals surface area contributed by atoms with Gasteiger partial charge in [-0.1, -0.05) is 30.9 Å². The summed E-state index contributed by atoms with van der Waals surface area (Å²) in [5.74, 6) is 0.0143. The number of hydrogen-bond acceptors (Lipinski definition) is 3. The summed E-state index contributed by atoms with van der Waals surface area (Å²) in [4.78, 5) is 14.7. The number of halogens is 1. The number of carbonyl (C=O) groups is 1. The Bertz CT molecular complexity index is 418. The molecule has 0 amide bonds. The number of ether oxygens (including phenoxy) is 1. The summed E-state index contributed by atoms with van der Waals surface area (Å²) in [5, 5.41) is 8.99. The summed E-state index contributed by atoms with van der Waals surface area (Å²) in [5.41, 5.74) is 0.101. The van der Waals surface area contributed by atoms with Crippen LogP contribution in [-0.2, 0) is 0 Å². The van der Waals surface area contributed by atoms with Gasteiger partial charge < -0.3 is 9.84 Å². The van der Waals surface area contributed by atoms with Crippen molar-refractivity contribution < 1.29 is 14.6 Å². The van der Waals surface area contributed by atoms with Gasteiger partial charge in [0.05, 0.1) is 12.2 Å². The lowest BCUT2D eigenvalue weighted by atomic mass is 9.83. The molecule has 92 valence electrons. The molecule has 0 unspecified atom stereocenters. The average Bonchev–Trinajstić information content (AvgIpc) is 2.21. The molecule has 1 aliphatic rings. The fourth-order valence-corrected chi connectivity index (χ4v) is 1.98. The number of nitrogens with zero attached hydrogens (tertiary/aromatic N) is 1. The Morgan fingerprint density at radius 3 is 2.88 bits per heavy atom. The van der Waals surface area contributed by atoms with Crippen LogP contribution in [0.15, 0.2) is 12.1 Å². The number of aromatic nitrogens is 1. The second-order valence-corrected chi connectivity index (χ2v) is 4.64. The summed E-state index contributed by atoms with van der Waals surface area (Å²) in [6, 6.07) is 2.71. The molecule has 0 bridgehead atoms. The van der Waals surface area contributed by atoms with E-state index in [-0.39, 0.29) is 16.6 Å². The second kappa shape index (κ2) is 5.36. The molecule has 1 N–H and O–H groups in total. The van der Waals surface area contributed by atoms with Gasteiger partial charge in [0.2, 0.25) is 5.88 Å². The van der Waals surface area contributed by atoms with E-state index in [4.69, 9.17) is 21.4 Å². The van der Waals surface area contributed by atoms with E-state index >= 15 is 0 Å². The van der Waals surface area contributed by atoms with E-state index in [1.54, 1.807) is 0 Å². The molecule has 0 radical (unpaired) electrons. The Labute approximate surface area is 105 Å². The van der Waals surface area contributed by atoms with Crippen LogP contribution in [0.1, 0.15) is 36.0 Å². The first-order chi connectivity index (χ1) is 8.15. The van der Waals surface area contributed by atoms with Crippen LogP contribution in [0, 0.1) is 5.92 Å². The minimum Gasteiger partial charge on any atom is -0.478 e. The molecule has 17 heavy (non-hydrogen) atoms. The Kier molecular flexibility index (Phi) is 3.84. The van der Waals surface area contributed by atoms with Gasteiger partial charge in [-0.3, -0.25) is 0 Å². The van der Waals surface area contributed by atoms with Gasteiger partial charge in [0.15, 0.2) is 0 Å². The van der Waals surface area contributed by atoms with E-state index in [0.717, 1.165) is 12.3 Å². The van der Waals surface area contributed by atoms with Crippen LogP contribution in [0.3, 0.4) is 0 Å². The summed E-state index contributed by atoms with van der Waals surface area (Å²) < 4.78 is 5.43.